The molecule has 1 aliphatic rings. The van der Waals surface area contributed by atoms with Crippen LogP contribution in [0.5, 0.6) is 0 Å². The molecular formula is C13H15BF3O-. The fraction of sp³-hybridized carbons (Fsp3) is 0.385. The Kier molecular flexibility index (Phi) is 3.80. The summed E-state index contributed by atoms with van der Waals surface area (Å²) in [5, 5.41) is 0. The van der Waals surface area contributed by atoms with Gasteiger partial charge in [-0.1, -0.05) is 24.3 Å². The molecule has 0 saturated heterocycles. The molecular weight excluding hydrogens is 240 g/mol. The van der Waals surface area contributed by atoms with Gasteiger partial charge in [0.05, 0.1) is 6.10 Å². The highest BCUT2D eigenvalue weighted by Crippen LogP contribution is 2.33. The Balaban J connectivity index is 2.02. The zero-order valence-corrected chi connectivity index (χ0v) is 10.0. The molecule has 1 aromatic carbocycles. The Morgan fingerprint density at radius 1 is 1.33 bits per heavy atom. The molecule has 0 fully saturated rings. The van der Waals surface area contributed by atoms with Crippen molar-refractivity contribution in [3.8, 4) is 0 Å². The molecule has 1 unspecified atom stereocenters. The van der Waals surface area contributed by atoms with Crippen LogP contribution in [0.4, 0.5) is 12.9 Å². The number of hydrogen-bond donors (Lipinski definition) is 0. The molecule has 1 nitrogen and oxygen atoms in total. The van der Waals surface area contributed by atoms with Crippen molar-refractivity contribution >= 4 is 6.98 Å². The van der Waals surface area contributed by atoms with E-state index in [1.54, 1.807) is 0 Å². The van der Waals surface area contributed by atoms with Crippen molar-refractivity contribution < 1.29 is 17.7 Å². The van der Waals surface area contributed by atoms with E-state index >= 15 is 0 Å². The van der Waals surface area contributed by atoms with Gasteiger partial charge in [0.15, 0.2) is 0 Å². The zero-order valence-electron chi connectivity index (χ0n) is 10.0. The molecule has 18 heavy (non-hydrogen) atoms. The van der Waals surface area contributed by atoms with Crippen LogP contribution in [0.2, 0.25) is 0 Å². The van der Waals surface area contributed by atoms with Gasteiger partial charge in [-0.05, 0) is 30.4 Å². The Morgan fingerprint density at radius 3 is 2.78 bits per heavy atom. The van der Waals surface area contributed by atoms with Crippen molar-refractivity contribution in [2.75, 3.05) is 6.61 Å². The Labute approximate surface area is 105 Å². The number of benzene rings is 1. The van der Waals surface area contributed by atoms with Gasteiger partial charge in [-0.2, -0.15) is 0 Å². The van der Waals surface area contributed by atoms with E-state index in [4.69, 9.17) is 4.74 Å². The maximum atomic E-state index is 12.4. The highest BCUT2D eigenvalue weighted by Gasteiger charge is 2.28. The summed E-state index contributed by atoms with van der Waals surface area (Å²) in [5.74, 6) is 0. The lowest BCUT2D eigenvalue weighted by Crippen LogP contribution is -2.24. The van der Waals surface area contributed by atoms with Gasteiger partial charge >= 0.3 is 6.98 Å². The first-order valence-corrected chi connectivity index (χ1v) is 6.05. The zero-order chi connectivity index (χ0) is 13.2. The van der Waals surface area contributed by atoms with Gasteiger partial charge in [-0.25, -0.2) is 0 Å². The van der Waals surface area contributed by atoms with Crippen LogP contribution in [0.3, 0.4) is 0 Å². The molecule has 0 N–H and O–H groups in total. The fourth-order valence-corrected chi connectivity index (χ4v) is 2.18. The first-order valence-electron chi connectivity index (χ1n) is 6.05. The Bertz CT molecular complexity index is 442. The van der Waals surface area contributed by atoms with Crippen LogP contribution in [0.1, 0.15) is 30.1 Å². The number of hydrogen-bond acceptors (Lipinski definition) is 1. The van der Waals surface area contributed by atoms with Gasteiger partial charge in [0.1, 0.15) is 0 Å². The third-order valence-electron chi connectivity index (χ3n) is 3.25. The van der Waals surface area contributed by atoms with E-state index < -0.39 is 19.1 Å². The first kappa shape index (κ1) is 13.2. The topological polar surface area (TPSA) is 9.23 Å². The summed E-state index contributed by atoms with van der Waals surface area (Å²) < 4.78 is 42.5. The minimum absolute atomic E-state index is 0.232. The molecule has 0 saturated carbocycles. The summed E-state index contributed by atoms with van der Waals surface area (Å²) in [6.07, 6.45) is 2.46. The Morgan fingerprint density at radius 2 is 2.06 bits per heavy atom. The second-order valence-corrected chi connectivity index (χ2v) is 4.62. The van der Waals surface area contributed by atoms with Gasteiger partial charge in [0.2, 0.25) is 0 Å². The van der Waals surface area contributed by atoms with E-state index in [2.05, 4.69) is 6.58 Å². The molecule has 98 valence electrons. The molecule has 0 aromatic heterocycles. The number of halogens is 3. The average molecular weight is 255 g/mol. The minimum atomic E-state index is -4.99. The predicted octanol–water partition coefficient (Wildman–Crippen LogP) is 4.02. The van der Waals surface area contributed by atoms with Crippen LogP contribution < -0.4 is 0 Å². The van der Waals surface area contributed by atoms with Crippen molar-refractivity contribution in [1.29, 1.82) is 0 Å². The quantitative estimate of drug-likeness (QED) is 0.738. The summed E-state index contributed by atoms with van der Waals surface area (Å²) >= 11 is 0. The molecule has 0 spiro atoms. The maximum Gasteiger partial charge on any atom is 0.507 e. The van der Waals surface area contributed by atoms with Gasteiger partial charge in [0.25, 0.3) is 0 Å². The van der Waals surface area contributed by atoms with E-state index in [0.29, 0.717) is 0 Å². The van der Waals surface area contributed by atoms with Crippen LogP contribution >= 0.6 is 0 Å². The third-order valence-corrected chi connectivity index (χ3v) is 3.25. The molecule has 0 bridgehead atoms. The highest BCUT2D eigenvalue weighted by molar-refractivity contribution is 6.66. The smallest absolute Gasteiger partial charge is 0.445 e. The van der Waals surface area contributed by atoms with Crippen molar-refractivity contribution in [2.45, 2.75) is 25.4 Å². The van der Waals surface area contributed by atoms with Crippen LogP contribution in [0.15, 0.2) is 36.3 Å². The van der Waals surface area contributed by atoms with E-state index in [1.165, 1.54) is 5.56 Å². The third kappa shape index (κ3) is 2.96. The lowest BCUT2D eigenvalue weighted by molar-refractivity contribution is 0.0574. The highest BCUT2D eigenvalue weighted by atomic mass is 19.4. The van der Waals surface area contributed by atoms with Gasteiger partial charge in [-0.3, -0.25) is 0 Å². The number of rotatable bonds is 4. The van der Waals surface area contributed by atoms with E-state index in [0.717, 1.165) is 24.8 Å². The second kappa shape index (κ2) is 5.18. The summed E-state index contributed by atoms with van der Waals surface area (Å²) in [6.45, 7) is -2.38. The van der Waals surface area contributed by atoms with Crippen molar-refractivity contribution in [3.05, 3.63) is 47.4 Å². The Hall–Kier alpha value is -1.23. The average Bonchev–Trinajstić information content (AvgIpc) is 2.34. The summed E-state index contributed by atoms with van der Waals surface area (Å²) in [4.78, 5) is 0. The standard InChI is InChI=1S/C13H15BF3O/c1-10(14(15,16)17)9-18-13-8-4-6-11-5-2-3-7-12(11)13/h2-3,5,7,13H,1,4,6,8-9H2/q-1. The summed E-state index contributed by atoms with van der Waals surface area (Å²) in [5.41, 5.74) is 1.43. The van der Waals surface area contributed by atoms with E-state index in [9.17, 15) is 12.9 Å². The molecule has 0 heterocycles. The van der Waals surface area contributed by atoms with Crippen molar-refractivity contribution in [3.63, 3.8) is 0 Å². The lowest BCUT2D eigenvalue weighted by atomic mass is 9.81. The molecule has 1 atom stereocenters. The molecule has 0 radical (unpaired) electrons. The molecule has 1 aliphatic carbocycles. The largest absolute Gasteiger partial charge is 0.507 e. The normalized spacial score (nSPS) is 19.4. The molecule has 0 aliphatic heterocycles. The van der Waals surface area contributed by atoms with Crippen LogP contribution in [0, 0.1) is 0 Å². The van der Waals surface area contributed by atoms with Crippen molar-refractivity contribution in [1.82, 2.24) is 0 Å². The van der Waals surface area contributed by atoms with Gasteiger partial charge in [0, 0.05) is 6.61 Å². The number of ether oxygens (including phenoxy) is 1. The van der Waals surface area contributed by atoms with E-state index in [1.807, 2.05) is 24.3 Å². The van der Waals surface area contributed by atoms with Gasteiger partial charge < -0.3 is 17.7 Å². The minimum Gasteiger partial charge on any atom is -0.445 e. The van der Waals surface area contributed by atoms with Gasteiger partial charge in [-0.15, -0.1) is 12.1 Å². The molecule has 5 heteroatoms. The van der Waals surface area contributed by atoms with Crippen molar-refractivity contribution in [2.24, 2.45) is 0 Å². The lowest BCUT2D eigenvalue weighted by Gasteiger charge is -2.27. The maximum absolute atomic E-state index is 12.4. The fourth-order valence-electron chi connectivity index (χ4n) is 2.18. The summed E-state index contributed by atoms with van der Waals surface area (Å²) in [6, 6.07) is 7.77. The molecule has 1 aromatic rings. The number of fused-ring (bicyclic) bond motifs is 1. The van der Waals surface area contributed by atoms with Crippen LogP contribution in [-0.2, 0) is 11.2 Å². The number of aryl methyl sites for hydroxylation is 1. The summed E-state index contributed by atoms with van der Waals surface area (Å²) in [7, 11) is 0. The van der Waals surface area contributed by atoms with Crippen LogP contribution in [-0.4, -0.2) is 13.6 Å². The van der Waals surface area contributed by atoms with Crippen LogP contribution in [0.25, 0.3) is 0 Å². The second-order valence-electron chi connectivity index (χ2n) is 4.62. The monoisotopic (exact) mass is 255 g/mol. The molecule has 2 rings (SSSR count). The first-order chi connectivity index (χ1) is 8.48. The molecule has 0 amide bonds. The SMILES string of the molecule is C=C(COC1CCCc2ccccc21)[B-](F)(F)F. The van der Waals surface area contributed by atoms with E-state index in [-0.39, 0.29) is 6.10 Å². The predicted molar refractivity (Wildman–Crippen MR) is 66.3 cm³/mol.